The second-order valence-corrected chi connectivity index (χ2v) is 6.92. The van der Waals surface area contributed by atoms with E-state index in [0.29, 0.717) is 19.7 Å². The van der Waals surface area contributed by atoms with Gasteiger partial charge >= 0.3 is 0 Å². The number of likely N-dealkylation sites (N-methyl/N-ethyl adjacent to an activating group) is 1. The molecule has 0 amide bonds. The van der Waals surface area contributed by atoms with Gasteiger partial charge < -0.3 is 15.0 Å². The van der Waals surface area contributed by atoms with Crippen LogP contribution < -0.4 is 10.1 Å². The molecule has 0 radical (unpaired) electrons. The number of halogens is 1. The van der Waals surface area contributed by atoms with Gasteiger partial charge in [-0.15, -0.1) is 0 Å². The Kier molecular flexibility index (Phi) is 7.12. The van der Waals surface area contributed by atoms with E-state index in [2.05, 4.69) is 21.3 Å². The number of benzene rings is 2. The van der Waals surface area contributed by atoms with Crippen LogP contribution in [0, 0.1) is 5.82 Å². The van der Waals surface area contributed by atoms with Crippen LogP contribution in [-0.4, -0.2) is 30.5 Å². The summed E-state index contributed by atoms with van der Waals surface area (Å²) in [6.07, 6.45) is 3.56. The highest BCUT2D eigenvalue weighted by molar-refractivity contribution is 5.33. The molecule has 4 nitrogen and oxygen atoms in total. The zero-order valence-electron chi connectivity index (χ0n) is 16.3. The Morgan fingerprint density at radius 2 is 1.93 bits per heavy atom. The van der Waals surface area contributed by atoms with Crippen LogP contribution in [0.1, 0.15) is 22.7 Å². The Morgan fingerprint density at radius 1 is 1.07 bits per heavy atom. The van der Waals surface area contributed by atoms with Crippen LogP contribution in [0.25, 0.3) is 0 Å². The second kappa shape index (κ2) is 9.97. The smallest absolute Gasteiger partial charge is 0.124 e. The molecule has 0 fully saturated rings. The number of aromatic nitrogens is 1. The highest BCUT2D eigenvalue weighted by atomic mass is 19.1. The molecule has 3 rings (SSSR count). The molecule has 1 unspecified atom stereocenters. The molecule has 146 valence electrons. The molecular formula is C23H26FN3O. The van der Waals surface area contributed by atoms with Gasteiger partial charge in [-0.25, -0.2) is 4.39 Å². The number of nitrogens with one attached hydrogen (secondary N) is 1. The number of rotatable bonds is 9. The summed E-state index contributed by atoms with van der Waals surface area (Å²) in [4.78, 5) is 6.21. The van der Waals surface area contributed by atoms with Crippen molar-refractivity contribution in [2.45, 2.75) is 19.2 Å². The molecular weight excluding hydrogens is 353 g/mol. The topological polar surface area (TPSA) is 37.4 Å². The minimum atomic E-state index is -0.210. The second-order valence-electron chi connectivity index (χ2n) is 6.92. The van der Waals surface area contributed by atoms with Gasteiger partial charge in [-0.2, -0.15) is 0 Å². The van der Waals surface area contributed by atoms with E-state index in [4.69, 9.17) is 4.74 Å². The van der Waals surface area contributed by atoms with Crippen molar-refractivity contribution in [3.8, 4) is 5.75 Å². The van der Waals surface area contributed by atoms with Crippen molar-refractivity contribution in [3.05, 3.63) is 95.6 Å². The summed E-state index contributed by atoms with van der Waals surface area (Å²) in [6, 6.07) is 18.8. The molecule has 0 saturated heterocycles. The zero-order valence-corrected chi connectivity index (χ0v) is 16.3. The van der Waals surface area contributed by atoms with Crippen molar-refractivity contribution in [1.82, 2.24) is 15.2 Å². The van der Waals surface area contributed by atoms with Crippen LogP contribution in [0.2, 0.25) is 0 Å². The van der Waals surface area contributed by atoms with Gasteiger partial charge in [0, 0.05) is 42.7 Å². The van der Waals surface area contributed by atoms with E-state index in [0.717, 1.165) is 22.4 Å². The fraction of sp³-hybridized carbons (Fsp3) is 0.261. The Hall–Kier alpha value is -2.76. The van der Waals surface area contributed by atoms with Crippen molar-refractivity contribution in [2.24, 2.45) is 0 Å². The van der Waals surface area contributed by atoms with E-state index in [-0.39, 0.29) is 11.9 Å². The normalized spacial score (nSPS) is 12.1. The molecule has 0 bridgehead atoms. The predicted octanol–water partition coefficient (Wildman–Crippen LogP) is 4.19. The maximum Gasteiger partial charge on any atom is 0.124 e. The van der Waals surface area contributed by atoms with E-state index in [1.165, 1.54) is 6.07 Å². The third-order valence-corrected chi connectivity index (χ3v) is 4.60. The van der Waals surface area contributed by atoms with Crippen LogP contribution in [0.5, 0.6) is 5.75 Å². The molecule has 1 heterocycles. The Labute approximate surface area is 166 Å². The molecule has 2 aromatic carbocycles. The number of pyridine rings is 1. The van der Waals surface area contributed by atoms with Gasteiger partial charge in [0.2, 0.25) is 0 Å². The molecule has 3 aromatic rings. The average molecular weight is 379 g/mol. The number of hydrogen-bond donors (Lipinski definition) is 1. The molecule has 1 aromatic heterocycles. The van der Waals surface area contributed by atoms with Crippen LogP contribution in [0.3, 0.4) is 0 Å². The van der Waals surface area contributed by atoms with Crippen LogP contribution in [0.15, 0.2) is 73.1 Å². The summed E-state index contributed by atoms with van der Waals surface area (Å²) in [5.74, 6) is 0.643. The van der Waals surface area contributed by atoms with Gasteiger partial charge in [-0.05, 0) is 43.9 Å². The molecule has 0 saturated carbocycles. The first-order valence-corrected chi connectivity index (χ1v) is 9.35. The molecule has 0 aliphatic heterocycles. The summed E-state index contributed by atoms with van der Waals surface area (Å²) in [5, 5.41) is 3.48. The molecule has 1 atom stereocenters. The summed E-state index contributed by atoms with van der Waals surface area (Å²) in [6.45, 7) is 1.85. The van der Waals surface area contributed by atoms with E-state index in [1.807, 2.05) is 56.7 Å². The fourth-order valence-corrected chi connectivity index (χ4v) is 3.09. The first-order valence-electron chi connectivity index (χ1n) is 9.35. The lowest BCUT2D eigenvalue weighted by atomic mass is 10.1. The highest BCUT2D eigenvalue weighted by Crippen LogP contribution is 2.21. The molecule has 28 heavy (non-hydrogen) atoms. The Bertz CT molecular complexity index is 870. The van der Waals surface area contributed by atoms with Crippen LogP contribution in [-0.2, 0) is 13.2 Å². The summed E-state index contributed by atoms with van der Waals surface area (Å²) in [7, 11) is 4.00. The van der Waals surface area contributed by atoms with E-state index < -0.39 is 0 Å². The third-order valence-electron chi connectivity index (χ3n) is 4.60. The molecule has 1 N–H and O–H groups in total. The van der Waals surface area contributed by atoms with Crippen molar-refractivity contribution >= 4 is 0 Å². The number of hydrogen-bond acceptors (Lipinski definition) is 4. The lowest BCUT2D eigenvalue weighted by Crippen LogP contribution is -2.31. The number of nitrogens with zero attached hydrogens (tertiary/aromatic N) is 2. The maximum absolute atomic E-state index is 13.6. The van der Waals surface area contributed by atoms with Gasteiger partial charge in [0.1, 0.15) is 18.2 Å². The lowest BCUT2D eigenvalue weighted by molar-refractivity contribution is 0.284. The minimum Gasteiger partial charge on any atom is -0.489 e. The van der Waals surface area contributed by atoms with Crippen molar-refractivity contribution in [2.75, 3.05) is 20.6 Å². The molecule has 0 aliphatic rings. The van der Waals surface area contributed by atoms with Gasteiger partial charge in [0.05, 0.1) is 0 Å². The first kappa shape index (κ1) is 20.0. The summed E-state index contributed by atoms with van der Waals surface area (Å²) in [5.41, 5.74) is 3.07. The minimum absolute atomic E-state index is 0.0826. The van der Waals surface area contributed by atoms with Gasteiger partial charge in [-0.3, -0.25) is 4.98 Å². The van der Waals surface area contributed by atoms with Crippen molar-refractivity contribution < 1.29 is 9.13 Å². The molecule has 5 heteroatoms. The van der Waals surface area contributed by atoms with E-state index in [9.17, 15) is 4.39 Å². The summed E-state index contributed by atoms with van der Waals surface area (Å²) < 4.78 is 19.6. The molecule has 0 aliphatic carbocycles. The van der Waals surface area contributed by atoms with Gasteiger partial charge in [-0.1, -0.05) is 36.4 Å². The van der Waals surface area contributed by atoms with E-state index in [1.54, 1.807) is 18.3 Å². The highest BCUT2D eigenvalue weighted by Gasteiger charge is 2.14. The standard InChI is InChI=1S/C23H26FN3O/c1-27(2)22(19-9-5-10-21(24)13-19)16-26-15-20-8-3-4-11-23(20)28-17-18-7-6-12-25-14-18/h3-14,22,26H,15-17H2,1-2H3. The van der Waals surface area contributed by atoms with E-state index >= 15 is 0 Å². The fourth-order valence-electron chi connectivity index (χ4n) is 3.09. The zero-order chi connectivity index (χ0) is 19.8. The maximum atomic E-state index is 13.6. The third kappa shape index (κ3) is 5.62. The largest absolute Gasteiger partial charge is 0.489 e. The Balaban J connectivity index is 1.60. The molecule has 0 spiro atoms. The van der Waals surface area contributed by atoms with Crippen LogP contribution >= 0.6 is 0 Å². The number of para-hydroxylation sites is 1. The van der Waals surface area contributed by atoms with Gasteiger partial charge in [0.25, 0.3) is 0 Å². The monoisotopic (exact) mass is 379 g/mol. The Morgan fingerprint density at radius 3 is 2.68 bits per heavy atom. The quantitative estimate of drug-likeness (QED) is 0.605. The predicted molar refractivity (Wildman–Crippen MR) is 110 cm³/mol. The average Bonchev–Trinajstić information content (AvgIpc) is 2.71. The summed E-state index contributed by atoms with van der Waals surface area (Å²) >= 11 is 0. The lowest BCUT2D eigenvalue weighted by Gasteiger charge is -2.25. The van der Waals surface area contributed by atoms with Crippen molar-refractivity contribution in [1.29, 1.82) is 0 Å². The van der Waals surface area contributed by atoms with Crippen molar-refractivity contribution in [3.63, 3.8) is 0 Å². The SMILES string of the molecule is CN(C)C(CNCc1ccccc1OCc1cccnc1)c1cccc(F)c1. The van der Waals surface area contributed by atoms with Crippen LogP contribution in [0.4, 0.5) is 4.39 Å². The first-order chi connectivity index (χ1) is 13.6. The van der Waals surface area contributed by atoms with Gasteiger partial charge in [0.15, 0.2) is 0 Å². The number of ether oxygens (including phenoxy) is 1.